The minimum absolute atomic E-state index is 0.0767. The van der Waals surface area contributed by atoms with Gasteiger partial charge in [-0.2, -0.15) is 0 Å². The van der Waals surface area contributed by atoms with Gasteiger partial charge >= 0.3 is 0 Å². The minimum Gasteiger partial charge on any atom is -0.495 e. The van der Waals surface area contributed by atoms with Crippen LogP contribution in [0.25, 0.3) is 0 Å². The molecule has 0 spiro atoms. The summed E-state index contributed by atoms with van der Waals surface area (Å²) in [6.07, 6.45) is 0. The van der Waals surface area contributed by atoms with Crippen molar-refractivity contribution in [3.63, 3.8) is 0 Å². The molecule has 8 heteroatoms. The number of carbonyl (C=O) groups is 3. The average molecular weight is 490 g/mol. The lowest BCUT2D eigenvalue weighted by molar-refractivity contribution is -0.120. The number of nitrogens with one attached hydrogen (secondary N) is 2. The van der Waals surface area contributed by atoms with E-state index in [2.05, 4.69) is 10.6 Å². The van der Waals surface area contributed by atoms with Gasteiger partial charge in [0.1, 0.15) is 16.5 Å². The first kappa shape index (κ1) is 24.0. The van der Waals surface area contributed by atoms with Gasteiger partial charge in [0.15, 0.2) is 0 Å². The van der Waals surface area contributed by atoms with Crippen molar-refractivity contribution in [2.75, 3.05) is 22.6 Å². The van der Waals surface area contributed by atoms with Crippen LogP contribution in [0.2, 0.25) is 0 Å². The van der Waals surface area contributed by atoms with Gasteiger partial charge < -0.3 is 15.4 Å². The summed E-state index contributed by atoms with van der Waals surface area (Å²) in [6.45, 7) is 5.75. The topological polar surface area (TPSA) is 87.7 Å². The lowest BCUT2D eigenvalue weighted by Gasteiger charge is -2.18. The number of aryl methyl sites for hydroxylation is 3. The number of ether oxygens (including phenoxy) is 1. The van der Waals surface area contributed by atoms with E-state index in [4.69, 9.17) is 16.3 Å². The van der Waals surface area contributed by atoms with E-state index < -0.39 is 11.8 Å². The zero-order valence-electron chi connectivity index (χ0n) is 19.7. The van der Waals surface area contributed by atoms with Crippen LogP contribution in [0, 0.1) is 20.8 Å². The lowest BCUT2D eigenvalue weighted by atomic mass is 10.1. The molecule has 1 heterocycles. The number of nitrogens with zero attached hydrogens (tertiary/aromatic N) is 1. The van der Waals surface area contributed by atoms with Crippen molar-refractivity contribution in [2.45, 2.75) is 20.8 Å². The molecular weight excluding hydrogens is 466 g/mol. The highest BCUT2D eigenvalue weighted by Gasteiger charge is 2.40. The number of halogens is 1. The Morgan fingerprint density at radius 2 is 1.63 bits per heavy atom. The maximum atomic E-state index is 13.2. The van der Waals surface area contributed by atoms with Crippen LogP contribution in [0.4, 0.5) is 17.1 Å². The third-order valence-electron chi connectivity index (χ3n) is 5.63. The number of methoxy groups -OCH3 is 1. The number of rotatable bonds is 6. The fraction of sp³-hybridized carbons (Fsp3) is 0.148. The molecule has 2 N–H and O–H groups in total. The van der Waals surface area contributed by atoms with E-state index in [1.165, 1.54) is 7.11 Å². The van der Waals surface area contributed by atoms with Gasteiger partial charge in [-0.25, -0.2) is 4.90 Å². The second kappa shape index (κ2) is 9.64. The standard InChI is InChI=1S/C27H24ClN3O4/c1-15-8-10-20(17(3)12-15)30-25(32)18-6-5-7-19(14-18)29-24-23(28)26(33)31(27(24)34)21-13-16(2)9-11-22(21)35-4/h5-14,29H,1-4H3,(H,30,32). The Morgan fingerprint density at radius 1 is 0.914 bits per heavy atom. The number of amides is 3. The van der Waals surface area contributed by atoms with E-state index in [1.54, 1.807) is 36.4 Å². The summed E-state index contributed by atoms with van der Waals surface area (Å²) < 4.78 is 5.33. The molecular formula is C27H24ClN3O4. The van der Waals surface area contributed by atoms with Crippen LogP contribution in [0.1, 0.15) is 27.0 Å². The van der Waals surface area contributed by atoms with E-state index in [0.717, 1.165) is 21.6 Å². The Balaban J connectivity index is 1.57. The highest BCUT2D eigenvalue weighted by Crippen LogP contribution is 2.36. The average Bonchev–Trinajstić information content (AvgIpc) is 3.04. The van der Waals surface area contributed by atoms with E-state index in [9.17, 15) is 14.4 Å². The second-order valence-electron chi connectivity index (χ2n) is 8.29. The number of carbonyl (C=O) groups excluding carboxylic acids is 3. The summed E-state index contributed by atoms with van der Waals surface area (Å²) in [5.74, 6) is -1.21. The Bertz CT molecular complexity index is 1400. The van der Waals surface area contributed by atoms with Crippen LogP contribution in [0.5, 0.6) is 5.75 Å². The van der Waals surface area contributed by atoms with Crippen molar-refractivity contribution in [2.24, 2.45) is 0 Å². The summed E-state index contributed by atoms with van der Waals surface area (Å²) in [5.41, 5.74) is 4.65. The molecule has 0 radical (unpaired) electrons. The molecule has 3 amide bonds. The molecule has 0 atom stereocenters. The molecule has 4 rings (SSSR count). The van der Waals surface area contributed by atoms with Gasteiger partial charge in [0.05, 0.1) is 12.8 Å². The molecule has 3 aromatic rings. The summed E-state index contributed by atoms with van der Waals surface area (Å²) in [7, 11) is 1.46. The Kier molecular flexibility index (Phi) is 6.62. The zero-order valence-corrected chi connectivity index (χ0v) is 20.5. The maximum absolute atomic E-state index is 13.2. The smallest absolute Gasteiger partial charge is 0.283 e. The normalized spacial score (nSPS) is 13.3. The molecule has 0 bridgehead atoms. The number of anilines is 3. The second-order valence-corrected chi connectivity index (χ2v) is 8.67. The molecule has 1 aliphatic rings. The molecule has 0 saturated heterocycles. The Hall–Kier alpha value is -4.10. The van der Waals surface area contributed by atoms with Crippen molar-refractivity contribution < 1.29 is 19.1 Å². The van der Waals surface area contributed by atoms with Gasteiger partial charge in [0, 0.05) is 16.9 Å². The summed E-state index contributed by atoms with van der Waals surface area (Å²) in [4.78, 5) is 39.9. The van der Waals surface area contributed by atoms with Crippen LogP contribution in [-0.4, -0.2) is 24.8 Å². The highest BCUT2D eigenvalue weighted by molar-refractivity contribution is 6.53. The van der Waals surface area contributed by atoms with Crippen molar-refractivity contribution >= 4 is 46.4 Å². The largest absolute Gasteiger partial charge is 0.495 e. The van der Waals surface area contributed by atoms with E-state index >= 15 is 0 Å². The SMILES string of the molecule is COc1ccc(C)cc1N1C(=O)C(Cl)=C(Nc2cccc(C(=O)Nc3ccc(C)cc3C)c2)C1=O. The molecule has 0 saturated carbocycles. The van der Waals surface area contributed by atoms with Gasteiger partial charge in [-0.15, -0.1) is 0 Å². The first-order valence-corrected chi connectivity index (χ1v) is 11.3. The minimum atomic E-state index is -0.660. The summed E-state index contributed by atoms with van der Waals surface area (Å²) in [5, 5.41) is 5.57. The van der Waals surface area contributed by atoms with E-state index in [0.29, 0.717) is 28.4 Å². The van der Waals surface area contributed by atoms with Crippen molar-refractivity contribution in [1.82, 2.24) is 0 Å². The van der Waals surface area contributed by atoms with Crippen LogP contribution in [0.3, 0.4) is 0 Å². The number of hydrogen-bond donors (Lipinski definition) is 2. The van der Waals surface area contributed by atoms with Crippen molar-refractivity contribution in [3.8, 4) is 5.75 Å². The molecule has 0 aliphatic carbocycles. The molecule has 1 aliphatic heterocycles. The van der Waals surface area contributed by atoms with Gasteiger partial charge in [-0.05, 0) is 68.3 Å². The molecule has 0 fully saturated rings. The number of hydrogen-bond acceptors (Lipinski definition) is 5. The van der Waals surface area contributed by atoms with Gasteiger partial charge in [0.25, 0.3) is 17.7 Å². The number of benzene rings is 3. The fourth-order valence-electron chi connectivity index (χ4n) is 3.84. The first-order valence-electron chi connectivity index (χ1n) is 10.9. The molecule has 35 heavy (non-hydrogen) atoms. The van der Waals surface area contributed by atoms with Crippen LogP contribution in [-0.2, 0) is 9.59 Å². The fourth-order valence-corrected chi connectivity index (χ4v) is 4.05. The first-order chi connectivity index (χ1) is 16.7. The molecule has 0 unspecified atom stereocenters. The van der Waals surface area contributed by atoms with Gasteiger partial charge in [0.2, 0.25) is 0 Å². The predicted molar refractivity (Wildman–Crippen MR) is 137 cm³/mol. The van der Waals surface area contributed by atoms with Gasteiger partial charge in [-0.1, -0.05) is 41.4 Å². The predicted octanol–water partition coefficient (Wildman–Crippen LogP) is 5.31. The number of imide groups is 1. The van der Waals surface area contributed by atoms with Crippen LogP contribution >= 0.6 is 11.6 Å². The Morgan fingerprint density at radius 3 is 2.34 bits per heavy atom. The van der Waals surface area contributed by atoms with Gasteiger partial charge in [-0.3, -0.25) is 14.4 Å². The molecule has 3 aromatic carbocycles. The highest BCUT2D eigenvalue weighted by atomic mass is 35.5. The third-order valence-corrected chi connectivity index (χ3v) is 5.98. The zero-order chi connectivity index (χ0) is 25.3. The van der Waals surface area contributed by atoms with E-state index in [1.807, 2.05) is 45.0 Å². The van der Waals surface area contributed by atoms with Crippen molar-refractivity contribution in [1.29, 1.82) is 0 Å². The molecule has 0 aromatic heterocycles. The van der Waals surface area contributed by atoms with Crippen molar-refractivity contribution in [3.05, 3.63) is 93.6 Å². The third kappa shape index (κ3) is 4.76. The van der Waals surface area contributed by atoms with Crippen LogP contribution in [0.15, 0.2) is 71.4 Å². The Labute approximate surface area is 208 Å². The summed E-state index contributed by atoms with van der Waals surface area (Å²) in [6, 6.07) is 17.5. The maximum Gasteiger partial charge on any atom is 0.283 e. The molecule has 7 nitrogen and oxygen atoms in total. The lowest BCUT2D eigenvalue weighted by Crippen LogP contribution is -2.32. The van der Waals surface area contributed by atoms with Crippen LogP contribution < -0.4 is 20.3 Å². The monoisotopic (exact) mass is 489 g/mol. The quantitative estimate of drug-likeness (QED) is 0.458. The molecule has 178 valence electrons. The summed E-state index contributed by atoms with van der Waals surface area (Å²) >= 11 is 6.28. The van der Waals surface area contributed by atoms with E-state index in [-0.39, 0.29) is 16.6 Å².